The van der Waals surface area contributed by atoms with Crippen molar-refractivity contribution in [2.75, 3.05) is 0 Å². The number of carbonyl (C=O) groups is 1. The molecule has 3 aromatic rings. The fourth-order valence-electron chi connectivity index (χ4n) is 3.01. The molecule has 4 rings (SSSR count). The minimum atomic E-state index is -0.271. The topological polar surface area (TPSA) is 64.7 Å². The standard InChI is InChI=1S/C21H17FN2O2S/c22-18-4-2-1-3-16(18)12-26-17-8-7-14-9-13(5-6-15(14)11-17)10-19-20(25)24-21(23)27-19/h1-9,11,19H,10,12H2,(H2,23,24,25). The number of rotatable bonds is 5. The fraction of sp³-hybridized carbons (Fsp3) is 0.143. The summed E-state index contributed by atoms with van der Waals surface area (Å²) in [6.45, 7) is 0.179. The van der Waals surface area contributed by atoms with Gasteiger partial charge in [0.1, 0.15) is 18.2 Å². The highest BCUT2D eigenvalue weighted by molar-refractivity contribution is 8.15. The molecule has 1 aliphatic rings. The number of halogens is 1. The first-order valence-electron chi connectivity index (χ1n) is 8.52. The van der Waals surface area contributed by atoms with Crippen LogP contribution in [0.1, 0.15) is 11.1 Å². The molecule has 1 heterocycles. The van der Waals surface area contributed by atoms with Crippen LogP contribution in [0.2, 0.25) is 0 Å². The zero-order valence-electron chi connectivity index (χ0n) is 14.4. The molecule has 136 valence electrons. The van der Waals surface area contributed by atoms with E-state index < -0.39 is 0 Å². The second-order valence-corrected chi connectivity index (χ2v) is 7.55. The maximum Gasteiger partial charge on any atom is 0.261 e. The van der Waals surface area contributed by atoms with E-state index in [0.717, 1.165) is 16.3 Å². The van der Waals surface area contributed by atoms with Gasteiger partial charge in [0.05, 0.1) is 5.25 Å². The number of amides is 1. The molecule has 0 bridgehead atoms. The molecule has 0 spiro atoms. The third-order valence-electron chi connectivity index (χ3n) is 4.41. The number of ether oxygens (including phenoxy) is 1. The largest absolute Gasteiger partial charge is 0.489 e. The van der Waals surface area contributed by atoms with Crippen molar-refractivity contribution in [3.63, 3.8) is 0 Å². The number of benzene rings is 3. The Labute approximate surface area is 160 Å². The van der Waals surface area contributed by atoms with Crippen LogP contribution < -0.4 is 10.5 Å². The first kappa shape index (κ1) is 17.5. The number of hydrogen-bond donors (Lipinski definition) is 1. The summed E-state index contributed by atoms with van der Waals surface area (Å²) in [5.74, 6) is 0.238. The van der Waals surface area contributed by atoms with Crippen molar-refractivity contribution in [3.05, 3.63) is 77.6 Å². The van der Waals surface area contributed by atoms with Crippen LogP contribution in [-0.2, 0) is 17.8 Å². The van der Waals surface area contributed by atoms with Crippen molar-refractivity contribution in [1.82, 2.24) is 0 Å². The van der Waals surface area contributed by atoms with Gasteiger partial charge in [-0.15, -0.1) is 0 Å². The third-order valence-corrected chi connectivity index (χ3v) is 5.39. The molecule has 1 unspecified atom stereocenters. The number of nitrogens with zero attached hydrogens (tertiary/aromatic N) is 1. The van der Waals surface area contributed by atoms with Gasteiger partial charge in [0.25, 0.3) is 5.91 Å². The Morgan fingerprint density at radius 3 is 2.63 bits per heavy atom. The molecule has 0 fully saturated rings. The Morgan fingerprint density at radius 2 is 1.85 bits per heavy atom. The molecule has 0 saturated heterocycles. The van der Waals surface area contributed by atoms with Crippen molar-refractivity contribution in [3.8, 4) is 5.75 Å². The average molecular weight is 380 g/mol. The number of hydrogen-bond acceptors (Lipinski definition) is 4. The summed E-state index contributed by atoms with van der Waals surface area (Å²) < 4.78 is 19.4. The smallest absolute Gasteiger partial charge is 0.261 e. The van der Waals surface area contributed by atoms with Crippen LogP contribution in [0.25, 0.3) is 10.8 Å². The zero-order chi connectivity index (χ0) is 18.8. The van der Waals surface area contributed by atoms with Gasteiger partial charge >= 0.3 is 0 Å². The normalized spacial score (nSPS) is 16.6. The Morgan fingerprint density at radius 1 is 1.07 bits per heavy atom. The van der Waals surface area contributed by atoms with E-state index in [9.17, 15) is 9.18 Å². The van der Waals surface area contributed by atoms with Crippen LogP contribution in [0.5, 0.6) is 5.75 Å². The lowest BCUT2D eigenvalue weighted by molar-refractivity contribution is -0.117. The second-order valence-electron chi connectivity index (χ2n) is 6.32. The van der Waals surface area contributed by atoms with E-state index in [-0.39, 0.29) is 23.6 Å². The minimum Gasteiger partial charge on any atom is -0.489 e. The number of nitrogens with two attached hydrogens (primary N) is 1. The van der Waals surface area contributed by atoms with E-state index in [1.807, 2.05) is 30.3 Å². The van der Waals surface area contributed by atoms with Crippen molar-refractivity contribution in [2.24, 2.45) is 10.7 Å². The van der Waals surface area contributed by atoms with E-state index in [1.165, 1.54) is 17.8 Å². The van der Waals surface area contributed by atoms with E-state index in [4.69, 9.17) is 10.5 Å². The van der Waals surface area contributed by atoms with Crippen LogP contribution in [-0.4, -0.2) is 16.3 Å². The number of aliphatic imine (C=N–C) groups is 1. The highest BCUT2D eigenvalue weighted by atomic mass is 32.2. The minimum absolute atomic E-state index is 0.172. The molecule has 3 aromatic carbocycles. The molecule has 1 aliphatic heterocycles. The van der Waals surface area contributed by atoms with Gasteiger partial charge in [-0.05, 0) is 41.0 Å². The lowest BCUT2D eigenvalue weighted by atomic mass is 10.0. The predicted octanol–water partition coefficient (Wildman–Crippen LogP) is 4.06. The molecule has 6 heteroatoms. The lowest BCUT2D eigenvalue weighted by Crippen LogP contribution is -2.14. The average Bonchev–Trinajstić information content (AvgIpc) is 2.98. The molecule has 4 nitrogen and oxygen atoms in total. The Balaban J connectivity index is 1.47. The molecule has 0 aromatic heterocycles. The molecule has 0 saturated carbocycles. The van der Waals surface area contributed by atoms with Gasteiger partial charge in [-0.2, -0.15) is 4.99 Å². The predicted molar refractivity (Wildman–Crippen MR) is 106 cm³/mol. The van der Waals surface area contributed by atoms with Crippen LogP contribution in [0.4, 0.5) is 4.39 Å². The van der Waals surface area contributed by atoms with E-state index in [2.05, 4.69) is 11.1 Å². The lowest BCUT2D eigenvalue weighted by Gasteiger charge is -2.10. The van der Waals surface area contributed by atoms with Gasteiger partial charge in [0.2, 0.25) is 0 Å². The Kier molecular flexibility index (Phi) is 4.81. The zero-order valence-corrected chi connectivity index (χ0v) is 15.2. The summed E-state index contributed by atoms with van der Waals surface area (Å²) in [6.07, 6.45) is 0.592. The van der Waals surface area contributed by atoms with Gasteiger partial charge < -0.3 is 10.5 Å². The highest BCUT2D eigenvalue weighted by Crippen LogP contribution is 2.27. The van der Waals surface area contributed by atoms with Gasteiger partial charge in [-0.3, -0.25) is 4.79 Å². The second kappa shape index (κ2) is 7.40. The number of carbonyl (C=O) groups excluding carboxylic acids is 1. The van der Waals surface area contributed by atoms with Crippen LogP contribution in [0.15, 0.2) is 65.7 Å². The summed E-state index contributed by atoms with van der Waals surface area (Å²) in [5, 5.41) is 2.16. The van der Waals surface area contributed by atoms with Crippen molar-refractivity contribution >= 4 is 33.6 Å². The van der Waals surface area contributed by atoms with Crippen LogP contribution in [0, 0.1) is 5.82 Å². The molecule has 0 radical (unpaired) electrons. The first-order chi connectivity index (χ1) is 13.1. The fourth-order valence-corrected chi connectivity index (χ4v) is 3.88. The number of fused-ring (bicyclic) bond motifs is 1. The van der Waals surface area contributed by atoms with Gasteiger partial charge in [0.15, 0.2) is 5.17 Å². The van der Waals surface area contributed by atoms with Crippen molar-refractivity contribution in [2.45, 2.75) is 18.3 Å². The maximum absolute atomic E-state index is 13.7. The van der Waals surface area contributed by atoms with Crippen molar-refractivity contribution < 1.29 is 13.9 Å². The molecule has 27 heavy (non-hydrogen) atoms. The molecule has 1 atom stereocenters. The van der Waals surface area contributed by atoms with Gasteiger partial charge in [0, 0.05) is 5.56 Å². The summed E-state index contributed by atoms with van der Waals surface area (Å²) >= 11 is 1.31. The molecule has 0 aliphatic carbocycles. The Hall–Kier alpha value is -2.86. The highest BCUT2D eigenvalue weighted by Gasteiger charge is 2.26. The molecule has 2 N–H and O–H groups in total. The van der Waals surface area contributed by atoms with Crippen molar-refractivity contribution in [1.29, 1.82) is 0 Å². The summed E-state index contributed by atoms with van der Waals surface area (Å²) in [4.78, 5) is 15.5. The number of thioether (sulfide) groups is 1. The van der Waals surface area contributed by atoms with E-state index >= 15 is 0 Å². The maximum atomic E-state index is 13.7. The van der Waals surface area contributed by atoms with E-state index in [0.29, 0.717) is 22.9 Å². The Bertz CT molecular complexity index is 1050. The summed E-state index contributed by atoms with van der Waals surface area (Å²) in [7, 11) is 0. The molecular formula is C21H17FN2O2S. The first-order valence-corrected chi connectivity index (χ1v) is 9.40. The monoisotopic (exact) mass is 380 g/mol. The summed E-state index contributed by atoms with van der Waals surface area (Å²) in [5.41, 5.74) is 7.19. The molecular weight excluding hydrogens is 363 g/mol. The number of amidine groups is 1. The summed E-state index contributed by atoms with van der Waals surface area (Å²) in [6, 6.07) is 18.4. The molecule has 1 amide bonds. The van der Waals surface area contributed by atoms with Crippen LogP contribution >= 0.6 is 11.8 Å². The quantitative estimate of drug-likeness (QED) is 0.725. The van der Waals surface area contributed by atoms with E-state index in [1.54, 1.807) is 18.2 Å². The van der Waals surface area contributed by atoms with Gasteiger partial charge in [-0.25, -0.2) is 4.39 Å². The van der Waals surface area contributed by atoms with Gasteiger partial charge in [-0.1, -0.05) is 54.2 Å². The van der Waals surface area contributed by atoms with Crippen LogP contribution in [0.3, 0.4) is 0 Å². The SMILES string of the molecule is NC1=NC(=O)C(Cc2ccc3cc(OCc4ccccc4F)ccc3c2)S1. The third kappa shape index (κ3) is 3.95.